The first-order valence-corrected chi connectivity index (χ1v) is 12.5. The summed E-state index contributed by atoms with van der Waals surface area (Å²) in [5.41, 5.74) is 5.23. The van der Waals surface area contributed by atoms with Crippen LogP contribution in [0.5, 0.6) is 5.75 Å². The molecule has 2 aromatic heterocycles. The van der Waals surface area contributed by atoms with Gasteiger partial charge in [-0.25, -0.2) is 14.4 Å². The molecule has 2 N–H and O–H groups in total. The van der Waals surface area contributed by atoms with Gasteiger partial charge in [0.15, 0.2) is 11.6 Å². The lowest BCUT2D eigenvalue weighted by molar-refractivity contribution is 0.0727. The molecule has 0 fully saturated rings. The zero-order chi connectivity index (χ0) is 26.8. The number of pyridine rings is 1. The standard InChI is InChI=1S/C28H27ClFN5O3/c1-31-28-32-6-8-35(28)15-18-9-21(22-11-19(16-36)13-33-26(22)29)20-5-7-34(27(37)23(20)10-18)14-17-3-4-24(30)25(12-17)38-2/h3-4,6,8-13,36H,5,7,14-16H2,1-2H3,(H,31,32). The average molecular weight is 536 g/mol. The molecule has 0 saturated carbocycles. The van der Waals surface area contributed by atoms with Gasteiger partial charge in [0, 0.05) is 49.9 Å². The summed E-state index contributed by atoms with van der Waals surface area (Å²) in [5.74, 6) is 0.268. The number of methoxy groups -OCH3 is 1. The SMILES string of the molecule is CNc1nccn1Cc1cc2c(c(-c3cc(CO)cnc3Cl)c1)CCN(Cc1ccc(F)c(OC)c1)C2=O. The van der Waals surface area contributed by atoms with Crippen LogP contribution in [-0.4, -0.2) is 51.2 Å². The molecule has 196 valence electrons. The van der Waals surface area contributed by atoms with E-state index in [0.717, 1.165) is 22.3 Å². The van der Waals surface area contributed by atoms with Crippen molar-refractivity contribution in [3.05, 3.63) is 93.8 Å². The summed E-state index contributed by atoms with van der Waals surface area (Å²) in [6, 6.07) is 10.4. The molecule has 3 heterocycles. The Balaban J connectivity index is 1.57. The zero-order valence-corrected chi connectivity index (χ0v) is 21.8. The van der Waals surface area contributed by atoms with Gasteiger partial charge in [-0.05, 0) is 64.6 Å². The number of aliphatic hydroxyl groups excluding tert-OH is 1. The van der Waals surface area contributed by atoms with Crippen LogP contribution in [0.15, 0.2) is 55.0 Å². The third-order valence-corrected chi connectivity index (χ3v) is 7.01. The summed E-state index contributed by atoms with van der Waals surface area (Å²) in [4.78, 5) is 24.1. The van der Waals surface area contributed by atoms with E-state index in [9.17, 15) is 14.3 Å². The molecule has 0 saturated heterocycles. The molecule has 38 heavy (non-hydrogen) atoms. The van der Waals surface area contributed by atoms with E-state index in [1.807, 2.05) is 29.0 Å². The fourth-order valence-electron chi connectivity index (χ4n) is 4.84. The van der Waals surface area contributed by atoms with Crippen LogP contribution in [-0.2, 0) is 26.1 Å². The minimum atomic E-state index is -0.447. The number of aromatic nitrogens is 3. The van der Waals surface area contributed by atoms with E-state index in [1.54, 1.807) is 30.3 Å². The highest BCUT2D eigenvalue weighted by Gasteiger charge is 2.28. The number of carbonyl (C=O) groups excluding carboxylic acids is 1. The first-order chi connectivity index (χ1) is 18.4. The molecule has 0 bridgehead atoms. The number of ether oxygens (including phenoxy) is 1. The van der Waals surface area contributed by atoms with Gasteiger partial charge in [-0.15, -0.1) is 0 Å². The molecule has 0 unspecified atom stereocenters. The number of imidazole rings is 1. The van der Waals surface area contributed by atoms with Gasteiger partial charge in [0.25, 0.3) is 5.91 Å². The highest BCUT2D eigenvalue weighted by atomic mass is 35.5. The lowest BCUT2D eigenvalue weighted by atomic mass is 9.88. The highest BCUT2D eigenvalue weighted by molar-refractivity contribution is 6.32. The summed E-state index contributed by atoms with van der Waals surface area (Å²) in [6.07, 6.45) is 5.71. The largest absolute Gasteiger partial charge is 0.494 e. The first kappa shape index (κ1) is 25.7. The quantitative estimate of drug-likeness (QED) is 0.322. The Labute approximate surface area is 224 Å². The Morgan fingerprint density at radius 2 is 1.87 bits per heavy atom. The normalized spacial score (nSPS) is 13.0. The number of hydrogen-bond acceptors (Lipinski definition) is 6. The number of carbonyl (C=O) groups is 1. The van der Waals surface area contributed by atoms with Crippen LogP contribution < -0.4 is 10.1 Å². The molecule has 2 aromatic carbocycles. The van der Waals surface area contributed by atoms with Crippen LogP contribution in [0.4, 0.5) is 10.3 Å². The minimum Gasteiger partial charge on any atom is -0.494 e. The summed E-state index contributed by atoms with van der Waals surface area (Å²) < 4.78 is 21.0. The van der Waals surface area contributed by atoms with Gasteiger partial charge >= 0.3 is 0 Å². The second-order valence-corrected chi connectivity index (χ2v) is 9.44. The molecule has 4 aromatic rings. The van der Waals surface area contributed by atoms with Gasteiger partial charge in [-0.3, -0.25) is 4.79 Å². The Hall–Kier alpha value is -3.95. The van der Waals surface area contributed by atoms with Crippen molar-refractivity contribution in [1.82, 2.24) is 19.4 Å². The predicted molar refractivity (Wildman–Crippen MR) is 143 cm³/mol. The third-order valence-electron chi connectivity index (χ3n) is 6.71. The number of nitrogens with one attached hydrogen (secondary N) is 1. The van der Waals surface area contributed by atoms with Gasteiger partial charge in [0.05, 0.1) is 20.3 Å². The van der Waals surface area contributed by atoms with Crippen molar-refractivity contribution in [1.29, 1.82) is 0 Å². The number of fused-ring (bicyclic) bond motifs is 1. The minimum absolute atomic E-state index is 0.125. The number of halogens is 2. The van der Waals surface area contributed by atoms with Crippen LogP contribution in [0.2, 0.25) is 5.15 Å². The van der Waals surface area contributed by atoms with E-state index in [1.165, 1.54) is 19.4 Å². The van der Waals surface area contributed by atoms with Crippen molar-refractivity contribution in [2.45, 2.75) is 26.1 Å². The van der Waals surface area contributed by atoms with E-state index >= 15 is 0 Å². The summed E-state index contributed by atoms with van der Waals surface area (Å²) >= 11 is 6.53. The van der Waals surface area contributed by atoms with E-state index in [-0.39, 0.29) is 18.3 Å². The number of hydrogen-bond donors (Lipinski definition) is 2. The summed E-state index contributed by atoms with van der Waals surface area (Å²) in [6.45, 7) is 1.10. The van der Waals surface area contributed by atoms with E-state index in [4.69, 9.17) is 16.3 Å². The fraction of sp³-hybridized carbons (Fsp3) is 0.250. The van der Waals surface area contributed by atoms with Crippen molar-refractivity contribution in [2.24, 2.45) is 0 Å². The van der Waals surface area contributed by atoms with Crippen molar-refractivity contribution < 1.29 is 19.0 Å². The molecule has 5 rings (SSSR count). The number of aliphatic hydroxyl groups is 1. The van der Waals surface area contributed by atoms with Crippen molar-refractivity contribution in [3.63, 3.8) is 0 Å². The van der Waals surface area contributed by atoms with Crippen molar-refractivity contribution >= 4 is 23.5 Å². The molecule has 0 aliphatic carbocycles. The van der Waals surface area contributed by atoms with Gasteiger partial charge in [0.1, 0.15) is 5.15 Å². The third kappa shape index (κ3) is 4.94. The first-order valence-electron chi connectivity index (χ1n) is 12.1. The maximum atomic E-state index is 13.9. The fourth-order valence-corrected chi connectivity index (χ4v) is 5.05. The molecule has 8 nitrogen and oxygen atoms in total. The van der Waals surface area contributed by atoms with Gasteiger partial charge in [0.2, 0.25) is 5.95 Å². The molecule has 0 atom stereocenters. The van der Waals surface area contributed by atoms with Gasteiger partial charge < -0.3 is 24.6 Å². The van der Waals surface area contributed by atoms with Crippen molar-refractivity contribution in [3.8, 4) is 16.9 Å². The number of nitrogens with zero attached hydrogens (tertiary/aromatic N) is 4. The highest BCUT2D eigenvalue weighted by Crippen LogP contribution is 2.36. The Morgan fingerprint density at radius 1 is 1.08 bits per heavy atom. The van der Waals surface area contributed by atoms with E-state index in [2.05, 4.69) is 15.3 Å². The second kappa shape index (κ2) is 10.8. The Morgan fingerprint density at radius 3 is 2.63 bits per heavy atom. The number of amides is 1. The van der Waals surface area contributed by atoms with Crippen molar-refractivity contribution in [2.75, 3.05) is 26.0 Å². The van der Waals surface area contributed by atoms with E-state index in [0.29, 0.717) is 53.8 Å². The molecule has 10 heteroatoms. The smallest absolute Gasteiger partial charge is 0.254 e. The zero-order valence-electron chi connectivity index (χ0n) is 21.0. The molecule has 1 aliphatic rings. The van der Waals surface area contributed by atoms with Crippen LogP contribution >= 0.6 is 11.6 Å². The van der Waals surface area contributed by atoms with Gasteiger partial charge in [-0.2, -0.15) is 0 Å². The molecule has 1 amide bonds. The number of rotatable bonds is 8. The molecule has 0 radical (unpaired) electrons. The molecular weight excluding hydrogens is 509 g/mol. The van der Waals surface area contributed by atoms with Crippen LogP contribution in [0.1, 0.15) is 32.6 Å². The molecular formula is C28H27ClFN5O3. The van der Waals surface area contributed by atoms with Crippen LogP contribution in [0, 0.1) is 5.82 Å². The second-order valence-electron chi connectivity index (χ2n) is 9.08. The average Bonchev–Trinajstić information content (AvgIpc) is 3.38. The maximum absolute atomic E-state index is 13.9. The topological polar surface area (TPSA) is 92.5 Å². The summed E-state index contributed by atoms with van der Waals surface area (Å²) in [5, 5.41) is 13.1. The lowest BCUT2D eigenvalue weighted by Crippen LogP contribution is -2.37. The van der Waals surface area contributed by atoms with Crippen LogP contribution in [0.25, 0.3) is 11.1 Å². The van der Waals surface area contributed by atoms with E-state index < -0.39 is 5.82 Å². The lowest BCUT2D eigenvalue weighted by Gasteiger charge is -2.31. The number of anilines is 1. The van der Waals surface area contributed by atoms with Gasteiger partial charge in [-0.1, -0.05) is 17.7 Å². The number of benzene rings is 2. The summed E-state index contributed by atoms with van der Waals surface area (Å²) in [7, 11) is 3.22. The molecule has 0 spiro atoms. The Bertz CT molecular complexity index is 1510. The predicted octanol–water partition coefficient (Wildman–Crippen LogP) is 4.53. The van der Waals surface area contributed by atoms with Crippen LogP contribution in [0.3, 0.4) is 0 Å². The monoisotopic (exact) mass is 535 g/mol. The molecule has 1 aliphatic heterocycles. The maximum Gasteiger partial charge on any atom is 0.254 e. The Kier molecular flexibility index (Phi) is 7.31.